The third kappa shape index (κ3) is 3.08. The van der Waals surface area contributed by atoms with Gasteiger partial charge in [0, 0.05) is 6.07 Å². The number of rotatable bonds is 3. The summed E-state index contributed by atoms with van der Waals surface area (Å²) >= 11 is 5.75. The molecule has 5 nitrogen and oxygen atoms in total. The van der Waals surface area contributed by atoms with E-state index in [4.69, 9.17) is 22.1 Å². The number of hydrogen-bond donors (Lipinski definition) is 0. The number of halogens is 1. The van der Waals surface area contributed by atoms with Gasteiger partial charge >= 0.3 is 0 Å². The summed E-state index contributed by atoms with van der Waals surface area (Å²) in [5.41, 5.74) is 0. The second kappa shape index (κ2) is 5.14. The van der Waals surface area contributed by atoms with Crippen LogP contribution in [0.5, 0.6) is 0 Å². The Labute approximate surface area is 92.5 Å². The zero-order valence-electron chi connectivity index (χ0n) is 8.11. The summed E-state index contributed by atoms with van der Waals surface area (Å²) in [6.07, 6.45) is 0. The van der Waals surface area contributed by atoms with Gasteiger partial charge in [0.15, 0.2) is 0 Å². The summed E-state index contributed by atoms with van der Waals surface area (Å²) in [5.74, 6) is 1.01. The SMILES string of the molecule is Cc1nc(Cl)cc(N(CC#N)CC#N)n1. The molecule has 1 heterocycles. The first kappa shape index (κ1) is 11.2. The number of hydrogen-bond acceptors (Lipinski definition) is 5. The number of nitrogens with zero attached hydrogens (tertiary/aromatic N) is 5. The fourth-order valence-corrected chi connectivity index (χ4v) is 1.29. The second-order valence-electron chi connectivity index (χ2n) is 2.77. The lowest BCUT2D eigenvalue weighted by Gasteiger charge is -2.16. The molecule has 0 radical (unpaired) electrons. The van der Waals surface area contributed by atoms with Crippen molar-refractivity contribution >= 4 is 17.4 Å². The molecule has 0 bridgehead atoms. The van der Waals surface area contributed by atoms with Gasteiger partial charge in [-0.25, -0.2) is 9.97 Å². The van der Waals surface area contributed by atoms with Crippen molar-refractivity contribution in [3.05, 3.63) is 17.0 Å². The maximum atomic E-state index is 8.59. The molecule has 0 aliphatic heterocycles. The molecule has 0 spiro atoms. The van der Waals surface area contributed by atoms with Gasteiger partial charge in [-0.15, -0.1) is 0 Å². The van der Waals surface area contributed by atoms with Crippen LogP contribution >= 0.6 is 11.6 Å². The minimum Gasteiger partial charge on any atom is -0.330 e. The Kier molecular flexibility index (Phi) is 3.84. The van der Waals surface area contributed by atoms with Crippen LogP contribution in [0.2, 0.25) is 5.15 Å². The monoisotopic (exact) mass is 221 g/mol. The lowest BCUT2D eigenvalue weighted by atomic mass is 10.4. The highest BCUT2D eigenvalue weighted by Gasteiger charge is 2.08. The predicted molar refractivity (Wildman–Crippen MR) is 55.2 cm³/mol. The summed E-state index contributed by atoms with van der Waals surface area (Å²) in [5, 5.41) is 17.5. The molecular weight excluding hydrogens is 214 g/mol. The van der Waals surface area contributed by atoms with E-state index in [-0.39, 0.29) is 13.1 Å². The van der Waals surface area contributed by atoms with Crippen LogP contribution < -0.4 is 4.90 Å². The van der Waals surface area contributed by atoms with Crippen LogP contribution in [-0.2, 0) is 0 Å². The molecule has 0 aliphatic rings. The Morgan fingerprint density at radius 2 is 1.93 bits per heavy atom. The van der Waals surface area contributed by atoms with Crippen molar-refractivity contribution in [2.45, 2.75) is 6.92 Å². The van der Waals surface area contributed by atoms with E-state index in [1.54, 1.807) is 6.92 Å². The Hall–Kier alpha value is -1.85. The zero-order valence-corrected chi connectivity index (χ0v) is 8.86. The fraction of sp³-hybridized carbons (Fsp3) is 0.333. The summed E-state index contributed by atoms with van der Waals surface area (Å²) in [7, 11) is 0. The van der Waals surface area contributed by atoms with Gasteiger partial charge in [0.2, 0.25) is 0 Å². The van der Waals surface area contributed by atoms with E-state index >= 15 is 0 Å². The van der Waals surface area contributed by atoms with Crippen molar-refractivity contribution in [2.24, 2.45) is 0 Å². The largest absolute Gasteiger partial charge is 0.330 e. The average Bonchev–Trinajstić information content (AvgIpc) is 2.16. The molecule has 0 aliphatic carbocycles. The highest BCUT2D eigenvalue weighted by atomic mass is 35.5. The Morgan fingerprint density at radius 3 is 2.40 bits per heavy atom. The van der Waals surface area contributed by atoms with Gasteiger partial charge < -0.3 is 4.90 Å². The molecule has 1 rings (SSSR count). The highest BCUT2D eigenvalue weighted by molar-refractivity contribution is 6.29. The normalized spacial score (nSPS) is 9.07. The van der Waals surface area contributed by atoms with Gasteiger partial charge in [-0.3, -0.25) is 0 Å². The van der Waals surface area contributed by atoms with E-state index in [0.717, 1.165) is 0 Å². The molecule has 0 aromatic carbocycles. The van der Waals surface area contributed by atoms with Crippen molar-refractivity contribution in [3.8, 4) is 12.1 Å². The molecule has 1 aromatic heterocycles. The summed E-state index contributed by atoms with van der Waals surface area (Å²) in [4.78, 5) is 9.53. The van der Waals surface area contributed by atoms with Gasteiger partial charge in [0.05, 0.1) is 12.1 Å². The van der Waals surface area contributed by atoms with E-state index in [9.17, 15) is 0 Å². The lowest BCUT2D eigenvalue weighted by molar-refractivity contribution is 0.909. The minimum atomic E-state index is 0.0976. The van der Waals surface area contributed by atoms with E-state index in [2.05, 4.69) is 9.97 Å². The van der Waals surface area contributed by atoms with Gasteiger partial charge in [0.1, 0.15) is 29.9 Å². The van der Waals surface area contributed by atoms with Crippen LogP contribution in [0.1, 0.15) is 5.82 Å². The van der Waals surface area contributed by atoms with Crippen LogP contribution in [0.15, 0.2) is 6.07 Å². The molecule has 6 heteroatoms. The number of aryl methyl sites for hydroxylation is 1. The first-order valence-corrected chi connectivity index (χ1v) is 4.55. The predicted octanol–water partition coefficient (Wildman–Crippen LogP) is 1.29. The maximum Gasteiger partial charge on any atom is 0.135 e. The van der Waals surface area contributed by atoms with E-state index < -0.39 is 0 Å². The molecule has 1 aromatic rings. The Bertz CT molecular complexity index is 395. The molecule has 76 valence electrons. The van der Waals surface area contributed by atoms with E-state index in [1.807, 2.05) is 12.1 Å². The minimum absolute atomic E-state index is 0.0976. The molecule has 0 unspecified atom stereocenters. The van der Waals surface area contributed by atoms with Gasteiger partial charge in [-0.1, -0.05) is 11.6 Å². The van der Waals surface area contributed by atoms with Crippen LogP contribution in [0, 0.1) is 29.6 Å². The van der Waals surface area contributed by atoms with E-state index in [1.165, 1.54) is 11.0 Å². The Morgan fingerprint density at radius 1 is 1.33 bits per heavy atom. The summed E-state index contributed by atoms with van der Waals surface area (Å²) in [6.45, 7) is 1.90. The van der Waals surface area contributed by atoms with Crippen LogP contribution in [0.25, 0.3) is 0 Å². The fourth-order valence-electron chi connectivity index (χ4n) is 1.07. The van der Waals surface area contributed by atoms with Crippen molar-refractivity contribution in [3.63, 3.8) is 0 Å². The molecule has 0 atom stereocenters. The topological polar surface area (TPSA) is 76.6 Å². The smallest absolute Gasteiger partial charge is 0.135 e. The lowest BCUT2D eigenvalue weighted by Crippen LogP contribution is -2.25. The number of nitriles is 2. The number of aromatic nitrogens is 2. The third-order valence-electron chi connectivity index (χ3n) is 1.64. The Balaban J connectivity index is 3.01. The molecule has 0 amide bonds. The van der Waals surface area contributed by atoms with Gasteiger partial charge in [-0.2, -0.15) is 10.5 Å². The molecule has 0 N–H and O–H groups in total. The maximum absolute atomic E-state index is 8.59. The second-order valence-corrected chi connectivity index (χ2v) is 3.16. The highest BCUT2D eigenvalue weighted by Crippen LogP contribution is 2.15. The van der Waals surface area contributed by atoms with Crippen molar-refractivity contribution in [2.75, 3.05) is 18.0 Å². The van der Waals surface area contributed by atoms with E-state index in [0.29, 0.717) is 16.8 Å². The molecule has 0 saturated heterocycles. The molecule has 0 saturated carbocycles. The first-order chi connectivity index (χ1) is 7.17. The van der Waals surface area contributed by atoms with Crippen molar-refractivity contribution in [1.82, 2.24) is 9.97 Å². The summed E-state index contributed by atoms with van der Waals surface area (Å²) < 4.78 is 0. The van der Waals surface area contributed by atoms with Gasteiger partial charge in [0.25, 0.3) is 0 Å². The average molecular weight is 222 g/mol. The quantitative estimate of drug-likeness (QED) is 0.568. The number of anilines is 1. The molecular formula is C9H8ClN5. The van der Waals surface area contributed by atoms with Gasteiger partial charge in [-0.05, 0) is 6.92 Å². The van der Waals surface area contributed by atoms with Crippen LogP contribution in [0.3, 0.4) is 0 Å². The molecule has 0 fully saturated rings. The van der Waals surface area contributed by atoms with Crippen molar-refractivity contribution in [1.29, 1.82) is 10.5 Å². The summed E-state index contributed by atoms with van der Waals surface area (Å²) in [6, 6.07) is 5.45. The standard InChI is InChI=1S/C9H8ClN5/c1-7-13-8(10)6-9(14-7)15(4-2-11)5-3-12/h6H,4-5H2,1H3. The molecule has 15 heavy (non-hydrogen) atoms. The first-order valence-electron chi connectivity index (χ1n) is 4.17. The zero-order chi connectivity index (χ0) is 11.3. The van der Waals surface area contributed by atoms with Crippen LogP contribution in [0.4, 0.5) is 5.82 Å². The van der Waals surface area contributed by atoms with Crippen molar-refractivity contribution < 1.29 is 0 Å². The van der Waals surface area contributed by atoms with Crippen LogP contribution in [-0.4, -0.2) is 23.1 Å². The third-order valence-corrected chi connectivity index (χ3v) is 1.83.